The lowest BCUT2D eigenvalue weighted by atomic mass is 10.2. The number of aromatic hydroxyl groups is 2. The van der Waals surface area contributed by atoms with Crippen molar-refractivity contribution < 1.29 is 24.5 Å². The Morgan fingerprint density at radius 3 is 2.66 bits per heavy atom. The Morgan fingerprint density at radius 1 is 1.11 bits per heavy atom. The van der Waals surface area contributed by atoms with E-state index < -0.39 is 5.25 Å². The summed E-state index contributed by atoms with van der Waals surface area (Å²) < 4.78 is 5.09. The minimum Gasteiger partial charge on any atom is -0.508 e. The van der Waals surface area contributed by atoms with Gasteiger partial charge in [-0.05, 0) is 48.0 Å². The van der Waals surface area contributed by atoms with Crippen molar-refractivity contribution in [3.8, 4) is 17.2 Å². The number of hydrogen-bond donors (Lipinski definition) is 3. The van der Waals surface area contributed by atoms with Crippen LogP contribution in [0.5, 0.6) is 17.2 Å². The first-order valence-electron chi connectivity index (χ1n) is 10.6. The molecule has 2 amide bonds. The lowest BCUT2D eigenvalue weighted by Gasteiger charge is -2.16. The van der Waals surface area contributed by atoms with Crippen LogP contribution in [-0.2, 0) is 9.59 Å². The first-order valence-corrected chi connectivity index (χ1v) is 11.4. The van der Waals surface area contributed by atoms with Gasteiger partial charge in [-0.1, -0.05) is 36.0 Å². The number of phenolic OH excluding ortho intramolecular Hbond substituents is 2. The topological polar surface area (TPSA) is 124 Å². The van der Waals surface area contributed by atoms with Gasteiger partial charge in [-0.3, -0.25) is 14.5 Å². The van der Waals surface area contributed by atoms with Gasteiger partial charge in [-0.25, -0.2) is 0 Å². The quantitative estimate of drug-likeness (QED) is 0.340. The third-order valence-corrected chi connectivity index (χ3v) is 6.13. The minimum atomic E-state index is -0.719. The number of rotatable bonds is 7. The molecule has 3 aromatic rings. The molecule has 3 aromatic carbocycles. The van der Waals surface area contributed by atoms with Crippen molar-refractivity contribution in [2.75, 3.05) is 17.3 Å². The molecule has 4 rings (SSSR count). The summed E-state index contributed by atoms with van der Waals surface area (Å²) in [6.07, 6.45) is 1.39. The van der Waals surface area contributed by atoms with Gasteiger partial charge in [0.2, 0.25) is 11.8 Å². The highest BCUT2D eigenvalue weighted by atomic mass is 32.2. The molecule has 1 atom stereocenters. The number of benzene rings is 3. The Balaban J connectivity index is 1.57. The fourth-order valence-electron chi connectivity index (χ4n) is 3.36. The van der Waals surface area contributed by atoms with E-state index in [0.717, 1.165) is 11.8 Å². The molecule has 9 nitrogen and oxygen atoms in total. The summed E-state index contributed by atoms with van der Waals surface area (Å²) in [4.78, 5) is 27.1. The molecule has 1 unspecified atom stereocenters. The van der Waals surface area contributed by atoms with Gasteiger partial charge in [0.15, 0.2) is 16.7 Å². The zero-order chi connectivity index (χ0) is 24.8. The molecule has 0 aliphatic carbocycles. The number of amidine groups is 1. The summed E-state index contributed by atoms with van der Waals surface area (Å²) >= 11 is 1.12. The second-order valence-electron chi connectivity index (χ2n) is 7.48. The number of nitrogens with zero attached hydrogens (tertiary/aromatic N) is 3. The number of thioether (sulfide) groups is 1. The molecule has 10 heteroatoms. The van der Waals surface area contributed by atoms with E-state index in [-0.39, 0.29) is 40.7 Å². The summed E-state index contributed by atoms with van der Waals surface area (Å²) in [5.41, 5.74) is 1.68. The van der Waals surface area contributed by atoms with Gasteiger partial charge in [0, 0.05) is 18.2 Å². The summed E-state index contributed by atoms with van der Waals surface area (Å²) in [6, 6.07) is 19.9. The lowest BCUT2D eigenvalue weighted by Crippen LogP contribution is -2.33. The molecule has 0 spiro atoms. The molecule has 1 saturated heterocycles. The molecule has 1 fully saturated rings. The second kappa shape index (κ2) is 10.7. The number of phenols is 2. The van der Waals surface area contributed by atoms with Gasteiger partial charge in [0.25, 0.3) is 0 Å². The molecule has 0 aromatic heterocycles. The molecular weight excluding hydrogens is 468 g/mol. The first kappa shape index (κ1) is 23.8. The number of anilines is 2. The van der Waals surface area contributed by atoms with Gasteiger partial charge >= 0.3 is 0 Å². The number of carbonyl (C=O) groups is 2. The normalized spacial score (nSPS) is 16.7. The molecule has 0 saturated carbocycles. The fraction of sp³-hybridized carbons (Fsp3) is 0.120. The van der Waals surface area contributed by atoms with E-state index in [0.29, 0.717) is 16.9 Å². The molecule has 0 bridgehead atoms. The SMILES string of the molecule is COc1cc(C=NN=C2SC(CC(=O)Nc3ccccc3)C(=O)N2c2cccc(O)c2)ccc1O. The molecular formula is C25H22N4O5S. The number of nitrogens with one attached hydrogen (secondary N) is 1. The second-order valence-corrected chi connectivity index (χ2v) is 8.65. The monoisotopic (exact) mass is 490 g/mol. The van der Waals surface area contributed by atoms with Gasteiger partial charge in [-0.15, -0.1) is 5.10 Å². The Hall–Kier alpha value is -4.31. The Bertz CT molecular complexity index is 1300. The maximum atomic E-state index is 13.2. The number of carbonyl (C=O) groups excluding carboxylic acids is 2. The summed E-state index contributed by atoms with van der Waals surface area (Å²) in [6.45, 7) is 0. The standard InChI is InChI=1S/C25H22N4O5S/c1-34-21-12-16(10-11-20(21)31)15-26-28-25-29(18-8-5-9-19(30)13-18)24(33)22(35-25)14-23(32)27-17-6-3-2-4-7-17/h2-13,15,22,30-31H,14H2,1H3,(H,27,32). The van der Waals surface area contributed by atoms with Crippen molar-refractivity contribution in [1.82, 2.24) is 0 Å². The van der Waals surface area contributed by atoms with Gasteiger partial charge < -0.3 is 20.3 Å². The number of para-hydroxylation sites is 1. The van der Waals surface area contributed by atoms with Crippen molar-refractivity contribution in [3.63, 3.8) is 0 Å². The van der Waals surface area contributed by atoms with E-state index >= 15 is 0 Å². The van der Waals surface area contributed by atoms with Crippen LogP contribution in [0.3, 0.4) is 0 Å². The van der Waals surface area contributed by atoms with Gasteiger partial charge in [0.1, 0.15) is 11.0 Å². The molecule has 1 heterocycles. The van der Waals surface area contributed by atoms with Crippen LogP contribution in [0.1, 0.15) is 12.0 Å². The van der Waals surface area contributed by atoms with Gasteiger partial charge in [0.05, 0.1) is 19.0 Å². The largest absolute Gasteiger partial charge is 0.508 e. The van der Waals surface area contributed by atoms with E-state index in [4.69, 9.17) is 4.74 Å². The highest BCUT2D eigenvalue weighted by Gasteiger charge is 2.40. The Labute approximate surface area is 205 Å². The molecule has 1 aliphatic rings. The smallest absolute Gasteiger partial charge is 0.247 e. The zero-order valence-electron chi connectivity index (χ0n) is 18.7. The molecule has 178 valence electrons. The molecule has 0 radical (unpaired) electrons. The lowest BCUT2D eigenvalue weighted by molar-refractivity contribution is -0.121. The Morgan fingerprint density at radius 2 is 1.91 bits per heavy atom. The van der Waals surface area contributed by atoms with E-state index in [9.17, 15) is 19.8 Å². The average Bonchev–Trinajstić information content (AvgIpc) is 3.15. The average molecular weight is 491 g/mol. The van der Waals surface area contributed by atoms with Gasteiger partial charge in [-0.2, -0.15) is 5.10 Å². The van der Waals surface area contributed by atoms with Crippen molar-refractivity contribution in [1.29, 1.82) is 0 Å². The maximum Gasteiger partial charge on any atom is 0.247 e. The van der Waals surface area contributed by atoms with E-state index in [1.807, 2.05) is 6.07 Å². The van der Waals surface area contributed by atoms with E-state index in [2.05, 4.69) is 15.5 Å². The fourth-order valence-corrected chi connectivity index (χ4v) is 4.45. The van der Waals surface area contributed by atoms with Crippen LogP contribution in [0.15, 0.2) is 83.0 Å². The number of hydrogen-bond acceptors (Lipinski definition) is 8. The van der Waals surface area contributed by atoms with Crippen LogP contribution < -0.4 is 15.0 Å². The summed E-state index contributed by atoms with van der Waals surface area (Å²) in [5.74, 6) is -0.370. The third-order valence-electron chi connectivity index (χ3n) is 5.00. The number of methoxy groups -OCH3 is 1. The number of amides is 2. The van der Waals surface area contributed by atoms with Crippen molar-refractivity contribution in [2.45, 2.75) is 11.7 Å². The maximum absolute atomic E-state index is 13.2. The first-order chi connectivity index (χ1) is 16.9. The van der Waals surface area contributed by atoms with Crippen LogP contribution in [-0.4, -0.2) is 45.8 Å². The molecule has 3 N–H and O–H groups in total. The highest BCUT2D eigenvalue weighted by Crippen LogP contribution is 2.35. The van der Waals surface area contributed by atoms with Crippen LogP contribution >= 0.6 is 11.8 Å². The Kier molecular flexibility index (Phi) is 7.32. The summed E-state index contributed by atoms with van der Waals surface area (Å²) in [5, 5.41) is 30.3. The minimum absolute atomic E-state index is 0.000379. The van der Waals surface area contributed by atoms with Crippen LogP contribution in [0.25, 0.3) is 0 Å². The van der Waals surface area contributed by atoms with Crippen molar-refractivity contribution in [2.24, 2.45) is 10.2 Å². The van der Waals surface area contributed by atoms with Crippen molar-refractivity contribution in [3.05, 3.63) is 78.4 Å². The van der Waals surface area contributed by atoms with E-state index in [1.54, 1.807) is 48.5 Å². The molecule has 35 heavy (non-hydrogen) atoms. The van der Waals surface area contributed by atoms with Crippen molar-refractivity contribution >= 4 is 46.3 Å². The van der Waals surface area contributed by atoms with Crippen LogP contribution in [0, 0.1) is 0 Å². The van der Waals surface area contributed by atoms with Crippen LogP contribution in [0.4, 0.5) is 11.4 Å². The number of ether oxygens (including phenoxy) is 1. The third kappa shape index (κ3) is 5.79. The predicted molar refractivity (Wildman–Crippen MR) is 136 cm³/mol. The highest BCUT2D eigenvalue weighted by molar-refractivity contribution is 8.16. The van der Waals surface area contributed by atoms with E-state index in [1.165, 1.54) is 36.4 Å². The summed E-state index contributed by atoms with van der Waals surface area (Å²) in [7, 11) is 1.44. The molecule has 1 aliphatic heterocycles. The zero-order valence-corrected chi connectivity index (χ0v) is 19.5. The predicted octanol–water partition coefficient (Wildman–Crippen LogP) is 3.97. The van der Waals surface area contributed by atoms with Crippen LogP contribution in [0.2, 0.25) is 0 Å².